The van der Waals surface area contributed by atoms with Crippen molar-refractivity contribution in [2.24, 2.45) is 0 Å². The van der Waals surface area contributed by atoms with Crippen molar-refractivity contribution in [3.05, 3.63) is 94.4 Å². The average molecular weight is 426 g/mol. The minimum absolute atomic E-state index is 0.0673. The van der Waals surface area contributed by atoms with Gasteiger partial charge in [-0.1, -0.05) is 30.3 Å². The maximum absolute atomic E-state index is 12.9. The largest absolute Gasteiger partial charge is 0.491 e. The molecule has 0 bridgehead atoms. The van der Waals surface area contributed by atoms with E-state index in [4.69, 9.17) is 4.74 Å². The fraction of sp³-hybridized carbons (Fsp3) is 0.136. The first-order valence-corrected chi connectivity index (χ1v) is 9.28. The second-order valence-electron chi connectivity index (χ2n) is 6.73. The first-order valence-electron chi connectivity index (χ1n) is 9.28. The van der Waals surface area contributed by atoms with Gasteiger partial charge in [0, 0.05) is 0 Å². The van der Waals surface area contributed by atoms with E-state index in [2.05, 4.69) is 10.2 Å². The highest BCUT2D eigenvalue weighted by atomic mass is 19.4. The Labute approximate surface area is 175 Å². The Hall–Kier alpha value is -3.88. The lowest BCUT2D eigenvalue weighted by molar-refractivity contribution is -0.137. The molecular weight excluding hydrogens is 409 g/mol. The summed E-state index contributed by atoms with van der Waals surface area (Å²) in [5.41, 5.74) is 0.788. The fourth-order valence-corrected chi connectivity index (χ4v) is 3.15. The molecule has 0 spiro atoms. The second-order valence-corrected chi connectivity index (χ2v) is 6.73. The molecule has 0 amide bonds. The Morgan fingerprint density at radius 1 is 1.00 bits per heavy atom. The number of halogens is 3. The molecule has 0 aliphatic rings. The Bertz CT molecular complexity index is 1250. The molecule has 0 aliphatic carbocycles. The van der Waals surface area contributed by atoms with Crippen molar-refractivity contribution in [1.29, 1.82) is 0 Å². The van der Waals surface area contributed by atoms with E-state index >= 15 is 0 Å². The predicted molar refractivity (Wildman–Crippen MR) is 108 cm³/mol. The Kier molecular flexibility index (Phi) is 5.33. The van der Waals surface area contributed by atoms with Crippen LogP contribution in [0.1, 0.15) is 11.1 Å². The molecule has 2 aromatic carbocycles. The first-order chi connectivity index (χ1) is 14.9. The van der Waals surface area contributed by atoms with Crippen molar-refractivity contribution in [2.45, 2.75) is 12.7 Å². The SMILES string of the molecule is COc1cn(Cc2ccc(C(F)(F)F)cc2)nc(-c2ccnn2-c2ccccc2)c1=O. The molecule has 2 aromatic heterocycles. The molecule has 9 heteroatoms. The quantitative estimate of drug-likeness (QED) is 0.481. The van der Waals surface area contributed by atoms with Gasteiger partial charge in [-0.25, -0.2) is 4.68 Å². The zero-order valence-corrected chi connectivity index (χ0v) is 16.4. The van der Waals surface area contributed by atoms with Crippen LogP contribution < -0.4 is 10.2 Å². The third-order valence-electron chi connectivity index (χ3n) is 4.67. The lowest BCUT2D eigenvalue weighted by Gasteiger charge is -2.12. The molecule has 6 nitrogen and oxygen atoms in total. The number of hydrogen-bond acceptors (Lipinski definition) is 4. The zero-order valence-electron chi connectivity index (χ0n) is 16.4. The van der Waals surface area contributed by atoms with E-state index in [0.717, 1.165) is 17.8 Å². The van der Waals surface area contributed by atoms with Gasteiger partial charge in [-0.15, -0.1) is 0 Å². The summed E-state index contributed by atoms with van der Waals surface area (Å²) >= 11 is 0. The van der Waals surface area contributed by atoms with Gasteiger partial charge in [0.05, 0.1) is 43.0 Å². The molecule has 0 unspecified atom stereocenters. The van der Waals surface area contributed by atoms with E-state index < -0.39 is 17.2 Å². The van der Waals surface area contributed by atoms with Crippen LogP contribution in [0.5, 0.6) is 5.75 Å². The van der Waals surface area contributed by atoms with Crippen molar-refractivity contribution in [3.8, 4) is 22.8 Å². The summed E-state index contributed by atoms with van der Waals surface area (Å²) in [6.07, 6.45) is -1.42. The molecule has 4 aromatic rings. The average Bonchev–Trinajstić information content (AvgIpc) is 3.25. The van der Waals surface area contributed by atoms with Gasteiger partial charge < -0.3 is 4.74 Å². The lowest BCUT2D eigenvalue weighted by atomic mass is 10.1. The molecule has 2 heterocycles. The van der Waals surface area contributed by atoms with Crippen LogP contribution in [0.2, 0.25) is 0 Å². The van der Waals surface area contributed by atoms with E-state index in [-0.39, 0.29) is 18.0 Å². The number of hydrogen-bond donors (Lipinski definition) is 0. The van der Waals surface area contributed by atoms with Crippen molar-refractivity contribution >= 4 is 0 Å². The summed E-state index contributed by atoms with van der Waals surface area (Å²) in [7, 11) is 1.37. The molecule has 4 rings (SSSR count). The summed E-state index contributed by atoms with van der Waals surface area (Å²) < 4.78 is 46.7. The normalized spacial score (nSPS) is 11.5. The van der Waals surface area contributed by atoms with Gasteiger partial charge in [-0.05, 0) is 35.9 Å². The molecule has 0 fully saturated rings. The Balaban J connectivity index is 1.74. The summed E-state index contributed by atoms with van der Waals surface area (Å²) in [5.74, 6) is 0.0673. The van der Waals surface area contributed by atoms with Crippen LogP contribution in [-0.4, -0.2) is 26.7 Å². The van der Waals surface area contributed by atoms with Crippen molar-refractivity contribution in [2.75, 3.05) is 7.11 Å². The number of benzene rings is 2. The highest BCUT2D eigenvalue weighted by molar-refractivity contribution is 5.58. The van der Waals surface area contributed by atoms with E-state index in [1.807, 2.05) is 30.3 Å². The number of para-hydroxylation sites is 1. The van der Waals surface area contributed by atoms with Gasteiger partial charge in [0.1, 0.15) is 0 Å². The van der Waals surface area contributed by atoms with E-state index in [9.17, 15) is 18.0 Å². The molecule has 0 saturated heterocycles. The van der Waals surface area contributed by atoms with Gasteiger partial charge in [-0.2, -0.15) is 23.4 Å². The van der Waals surface area contributed by atoms with Crippen molar-refractivity contribution < 1.29 is 17.9 Å². The molecule has 31 heavy (non-hydrogen) atoms. The maximum Gasteiger partial charge on any atom is 0.416 e. The van der Waals surface area contributed by atoms with Crippen LogP contribution in [0, 0.1) is 0 Å². The monoisotopic (exact) mass is 426 g/mol. The lowest BCUT2D eigenvalue weighted by Crippen LogP contribution is -2.19. The maximum atomic E-state index is 12.9. The minimum atomic E-state index is -4.40. The number of rotatable bonds is 5. The van der Waals surface area contributed by atoms with Gasteiger partial charge in [0.2, 0.25) is 0 Å². The van der Waals surface area contributed by atoms with Crippen LogP contribution in [-0.2, 0) is 12.7 Å². The number of ether oxygens (including phenoxy) is 1. The standard InChI is InChI=1S/C22H17F3N4O2/c1-31-19-14-28(13-15-7-9-16(10-8-15)22(23,24)25)27-20(21(19)30)18-11-12-26-29(18)17-5-3-2-4-6-17/h2-12,14H,13H2,1H3. The third-order valence-corrected chi connectivity index (χ3v) is 4.67. The predicted octanol–water partition coefficient (Wildman–Crippen LogP) is 4.17. The number of nitrogens with zero attached hydrogens (tertiary/aromatic N) is 4. The summed E-state index contributed by atoms with van der Waals surface area (Å²) in [4.78, 5) is 12.9. The van der Waals surface area contributed by atoms with Crippen molar-refractivity contribution in [1.82, 2.24) is 19.6 Å². The molecule has 0 radical (unpaired) electrons. The molecule has 0 aliphatic heterocycles. The zero-order chi connectivity index (χ0) is 22.0. The highest BCUT2D eigenvalue weighted by Crippen LogP contribution is 2.29. The molecule has 0 atom stereocenters. The Morgan fingerprint density at radius 2 is 1.71 bits per heavy atom. The minimum Gasteiger partial charge on any atom is -0.491 e. The Morgan fingerprint density at radius 3 is 2.35 bits per heavy atom. The van der Waals surface area contributed by atoms with Gasteiger partial charge in [0.15, 0.2) is 11.4 Å². The molecular formula is C22H17F3N4O2. The number of methoxy groups -OCH3 is 1. The van der Waals surface area contributed by atoms with Gasteiger partial charge >= 0.3 is 6.18 Å². The van der Waals surface area contributed by atoms with E-state index in [1.165, 1.54) is 30.1 Å². The van der Waals surface area contributed by atoms with Crippen LogP contribution in [0.3, 0.4) is 0 Å². The number of aromatic nitrogens is 4. The third kappa shape index (κ3) is 4.20. The molecule has 0 saturated carbocycles. The highest BCUT2D eigenvalue weighted by Gasteiger charge is 2.30. The summed E-state index contributed by atoms with van der Waals surface area (Å²) in [5, 5.41) is 8.70. The molecule has 158 valence electrons. The van der Waals surface area contributed by atoms with E-state index in [0.29, 0.717) is 11.3 Å². The van der Waals surface area contributed by atoms with Gasteiger partial charge in [-0.3, -0.25) is 9.48 Å². The van der Waals surface area contributed by atoms with Crippen LogP contribution in [0.4, 0.5) is 13.2 Å². The smallest absolute Gasteiger partial charge is 0.416 e. The second kappa shape index (κ2) is 8.10. The van der Waals surface area contributed by atoms with Crippen LogP contribution in [0.25, 0.3) is 17.1 Å². The van der Waals surface area contributed by atoms with Gasteiger partial charge in [0.25, 0.3) is 5.43 Å². The van der Waals surface area contributed by atoms with E-state index in [1.54, 1.807) is 16.9 Å². The van der Waals surface area contributed by atoms with Crippen LogP contribution >= 0.6 is 0 Å². The number of alkyl halides is 3. The fourth-order valence-electron chi connectivity index (χ4n) is 3.15. The topological polar surface area (TPSA) is 61.9 Å². The van der Waals surface area contributed by atoms with Crippen LogP contribution in [0.15, 0.2) is 77.9 Å². The molecule has 0 N–H and O–H groups in total. The summed E-state index contributed by atoms with van der Waals surface area (Å²) in [6.45, 7) is 0.154. The first kappa shape index (κ1) is 20.4. The summed E-state index contributed by atoms with van der Waals surface area (Å²) in [6, 6.07) is 15.7. The van der Waals surface area contributed by atoms with Crippen molar-refractivity contribution in [3.63, 3.8) is 0 Å².